The van der Waals surface area contributed by atoms with Crippen LogP contribution in [-0.4, -0.2) is 40.9 Å². The lowest BCUT2D eigenvalue weighted by Gasteiger charge is -2.17. The molecule has 18 heavy (non-hydrogen) atoms. The highest BCUT2D eigenvalue weighted by Gasteiger charge is 2.12. The fraction of sp³-hybridized carbons (Fsp3) is 0.308. The number of aryl methyl sites for hydroxylation is 1. The van der Waals surface area contributed by atoms with Gasteiger partial charge in [0.25, 0.3) is 0 Å². The fourth-order valence-corrected chi connectivity index (χ4v) is 2.06. The number of likely N-dealkylation sites (N-methyl/N-ethyl adjacent to an activating group) is 1. The Balaban J connectivity index is 2.49. The van der Waals surface area contributed by atoms with Crippen molar-refractivity contribution < 1.29 is 15.0 Å². The molecule has 5 nitrogen and oxygen atoms in total. The monoisotopic (exact) mass is 248 g/mol. The minimum absolute atomic E-state index is 0.0870. The van der Waals surface area contributed by atoms with Crippen molar-refractivity contribution >= 4 is 22.6 Å². The first-order chi connectivity index (χ1) is 8.54. The van der Waals surface area contributed by atoms with Gasteiger partial charge in [-0.2, -0.15) is 0 Å². The number of fused-ring (bicyclic) bond motifs is 1. The molecule has 0 spiro atoms. The van der Waals surface area contributed by atoms with Crippen LogP contribution in [0, 0.1) is 0 Å². The number of anilines is 1. The molecule has 0 aliphatic heterocycles. The minimum Gasteiger partial charge on any atom is -0.477 e. The Bertz CT molecular complexity index is 589. The zero-order valence-corrected chi connectivity index (χ0v) is 10.4. The second-order valence-electron chi connectivity index (χ2n) is 4.28. The van der Waals surface area contributed by atoms with E-state index in [0.717, 1.165) is 16.6 Å². The Labute approximate surface area is 105 Å². The van der Waals surface area contributed by atoms with Gasteiger partial charge in [-0.25, -0.2) is 4.79 Å². The molecule has 1 aromatic carbocycles. The van der Waals surface area contributed by atoms with Crippen molar-refractivity contribution in [1.82, 2.24) is 4.57 Å². The van der Waals surface area contributed by atoms with Gasteiger partial charge < -0.3 is 19.7 Å². The molecule has 1 heterocycles. The van der Waals surface area contributed by atoms with Gasteiger partial charge in [0.2, 0.25) is 0 Å². The molecule has 2 rings (SSSR count). The van der Waals surface area contributed by atoms with Crippen molar-refractivity contribution in [3.63, 3.8) is 0 Å². The van der Waals surface area contributed by atoms with Crippen LogP contribution >= 0.6 is 0 Å². The minimum atomic E-state index is -0.932. The van der Waals surface area contributed by atoms with Crippen LogP contribution in [-0.2, 0) is 7.05 Å². The van der Waals surface area contributed by atoms with E-state index in [1.807, 2.05) is 30.1 Å². The summed E-state index contributed by atoms with van der Waals surface area (Å²) in [5, 5.41) is 18.9. The van der Waals surface area contributed by atoms with Crippen LogP contribution in [0.25, 0.3) is 10.9 Å². The Morgan fingerprint density at radius 3 is 2.72 bits per heavy atom. The van der Waals surface area contributed by atoms with Gasteiger partial charge in [-0.05, 0) is 24.3 Å². The highest BCUT2D eigenvalue weighted by Crippen LogP contribution is 2.24. The number of nitrogens with zero attached hydrogens (tertiary/aromatic N) is 2. The molecule has 96 valence electrons. The number of aliphatic hydroxyl groups excluding tert-OH is 1. The molecule has 0 amide bonds. The number of aromatic nitrogens is 1. The van der Waals surface area contributed by atoms with Gasteiger partial charge in [0, 0.05) is 37.2 Å². The number of carboxylic acid groups (broad SMARTS) is 1. The van der Waals surface area contributed by atoms with Crippen molar-refractivity contribution in [2.24, 2.45) is 7.05 Å². The van der Waals surface area contributed by atoms with Gasteiger partial charge in [0.15, 0.2) is 0 Å². The summed E-state index contributed by atoms with van der Waals surface area (Å²) in [6, 6.07) is 7.40. The lowest BCUT2D eigenvalue weighted by Crippen LogP contribution is -2.20. The predicted molar refractivity (Wildman–Crippen MR) is 70.2 cm³/mol. The zero-order chi connectivity index (χ0) is 13.3. The first-order valence-corrected chi connectivity index (χ1v) is 5.69. The molecule has 0 fully saturated rings. The van der Waals surface area contributed by atoms with Crippen LogP contribution < -0.4 is 4.90 Å². The molecule has 5 heteroatoms. The maximum Gasteiger partial charge on any atom is 0.352 e. The standard InChI is InChI=1S/C13H16N2O3/c1-14(5-6-16)10-3-4-11-9(7-10)8-12(13(17)18)15(11)2/h3-4,7-8,16H,5-6H2,1-2H3,(H,17,18). The summed E-state index contributed by atoms with van der Waals surface area (Å²) >= 11 is 0. The van der Waals surface area contributed by atoms with E-state index in [4.69, 9.17) is 10.2 Å². The van der Waals surface area contributed by atoms with E-state index < -0.39 is 5.97 Å². The predicted octanol–water partition coefficient (Wildman–Crippen LogP) is 1.30. The number of aromatic carboxylic acids is 1. The van der Waals surface area contributed by atoms with Crippen LogP contribution in [0.15, 0.2) is 24.3 Å². The number of aliphatic hydroxyl groups is 1. The van der Waals surface area contributed by atoms with Crippen molar-refractivity contribution in [3.05, 3.63) is 30.0 Å². The van der Waals surface area contributed by atoms with E-state index in [-0.39, 0.29) is 12.3 Å². The molecule has 0 saturated carbocycles. The number of carboxylic acids is 1. The fourth-order valence-electron chi connectivity index (χ4n) is 2.06. The van der Waals surface area contributed by atoms with Crippen LogP contribution in [0.4, 0.5) is 5.69 Å². The first-order valence-electron chi connectivity index (χ1n) is 5.69. The summed E-state index contributed by atoms with van der Waals surface area (Å²) in [7, 11) is 3.63. The first kappa shape index (κ1) is 12.4. The molecular weight excluding hydrogens is 232 g/mol. The third-order valence-electron chi connectivity index (χ3n) is 3.12. The van der Waals surface area contributed by atoms with E-state index in [2.05, 4.69) is 0 Å². The van der Waals surface area contributed by atoms with Crippen LogP contribution in [0.5, 0.6) is 0 Å². The highest BCUT2D eigenvalue weighted by atomic mass is 16.4. The quantitative estimate of drug-likeness (QED) is 0.856. The summed E-state index contributed by atoms with van der Waals surface area (Å²) in [4.78, 5) is 13.0. The molecule has 0 radical (unpaired) electrons. The lowest BCUT2D eigenvalue weighted by molar-refractivity contribution is 0.0687. The second kappa shape index (κ2) is 4.70. The maximum absolute atomic E-state index is 11.0. The third kappa shape index (κ3) is 2.04. The molecular formula is C13H16N2O3. The van der Waals surface area contributed by atoms with Gasteiger partial charge in [-0.1, -0.05) is 0 Å². The Morgan fingerprint density at radius 2 is 2.11 bits per heavy atom. The highest BCUT2D eigenvalue weighted by molar-refractivity contribution is 5.95. The van der Waals surface area contributed by atoms with Gasteiger partial charge in [-0.3, -0.25) is 0 Å². The Morgan fingerprint density at radius 1 is 1.39 bits per heavy atom. The zero-order valence-electron chi connectivity index (χ0n) is 10.4. The summed E-state index contributed by atoms with van der Waals surface area (Å²) in [6.07, 6.45) is 0. The van der Waals surface area contributed by atoms with Gasteiger partial charge in [0.1, 0.15) is 5.69 Å². The van der Waals surface area contributed by atoms with E-state index in [9.17, 15) is 4.79 Å². The molecule has 0 aliphatic rings. The number of carbonyl (C=O) groups is 1. The van der Waals surface area contributed by atoms with Crippen LogP contribution in [0.2, 0.25) is 0 Å². The van der Waals surface area contributed by atoms with Crippen molar-refractivity contribution in [2.75, 3.05) is 25.1 Å². The van der Waals surface area contributed by atoms with Crippen LogP contribution in [0.1, 0.15) is 10.5 Å². The van der Waals surface area contributed by atoms with Gasteiger partial charge in [0.05, 0.1) is 6.61 Å². The summed E-state index contributed by atoms with van der Waals surface area (Å²) in [5.41, 5.74) is 2.11. The largest absolute Gasteiger partial charge is 0.477 e. The molecule has 0 unspecified atom stereocenters. The molecule has 0 bridgehead atoms. The van der Waals surface area contributed by atoms with E-state index in [1.54, 1.807) is 17.7 Å². The SMILES string of the molecule is CN(CCO)c1ccc2c(c1)cc(C(=O)O)n2C. The number of hydrogen-bond acceptors (Lipinski definition) is 3. The van der Waals surface area contributed by atoms with Crippen molar-refractivity contribution in [3.8, 4) is 0 Å². The van der Waals surface area contributed by atoms with Gasteiger partial charge >= 0.3 is 5.97 Å². The number of rotatable bonds is 4. The summed E-state index contributed by atoms with van der Waals surface area (Å²) in [6.45, 7) is 0.633. The van der Waals surface area contributed by atoms with E-state index in [1.165, 1.54) is 0 Å². The van der Waals surface area contributed by atoms with Crippen LogP contribution in [0.3, 0.4) is 0 Å². The Hall–Kier alpha value is -2.01. The Kier molecular flexibility index (Phi) is 3.25. The smallest absolute Gasteiger partial charge is 0.352 e. The summed E-state index contributed by atoms with van der Waals surface area (Å²) < 4.78 is 1.66. The number of benzene rings is 1. The topological polar surface area (TPSA) is 65.7 Å². The normalized spacial score (nSPS) is 10.8. The lowest BCUT2D eigenvalue weighted by atomic mass is 10.2. The average molecular weight is 248 g/mol. The maximum atomic E-state index is 11.0. The molecule has 0 saturated heterocycles. The van der Waals surface area contributed by atoms with Crippen molar-refractivity contribution in [1.29, 1.82) is 0 Å². The molecule has 0 aliphatic carbocycles. The molecule has 2 N–H and O–H groups in total. The average Bonchev–Trinajstić information content (AvgIpc) is 2.67. The van der Waals surface area contributed by atoms with Crippen molar-refractivity contribution in [2.45, 2.75) is 0 Å². The molecule has 1 aromatic heterocycles. The second-order valence-corrected chi connectivity index (χ2v) is 4.28. The van der Waals surface area contributed by atoms with E-state index >= 15 is 0 Å². The molecule has 2 aromatic rings. The molecule has 0 atom stereocenters. The van der Waals surface area contributed by atoms with E-state index in [0.29, 0.717) is 6.54 Å². The summed E-state index contributed by atoms with van der Waals surface area (Å²) in [5.74, 6) is -0.932. The third-order valence-corrected chi connectivity index (χ3v) is 3.12. The van der Waals surface area contributed by atoms with Gasteiger partial charge in [-0.15, -0.1) is 0 Å². The number of hydrogen-bond donors (Lipinski definition) is 2.